The number of hydrogen-bond donors (Lipinski definition) is 2. The lowest BCUT2D eigenvalue weighted by Gasteiger charge is -2.21. The van der Waals surface area contributed by atoms with Gasteiger partial charge in [-0.15, -0.1) is 0 Å². The number of aromatic nitrogens is 2. The molecule has 28 heavy (non-hydrogen) atoms. The summed E-state index contributed by atoms with van der Waals surface area (Å²) in [7, 11) is 0. The first kappa shape index (κ1) is 19.6. The molecule has 0 radical (unpaired) electrons. The van der Waals surface area contributed by atoms with E-state index in [4.69, 9.17) is 11.6 Å². The summed E-state index contributed by atoms with van der Waals surface area (Å²) >= 11 is 5.91. The van der Waals surface area contributed by atoms with Crippen molar-refractivity contribution in [3.63, 3.8) is 0 Å². The highest BCUT2D eigenvalue weighted by atomic mass is 35.5. The second-order valence-electron chi connectivity index (χ2n) is 6.24. The van der Waals surface area contributed by atoms with Crippen molar-refractivity contribution in [3.05, 3.63) is 76.9 Å². The Hall–Kier alpha value is -3.12. The van der Waals surface area contributed by atoms with E-state index in [0.717, 1.165) is 11.1 Å². The molecule has 3 aromatic rings. The highest BCUT2D eigenvalue weighted by Crippen LogP contribution is 2.22. The predicted octanol–water partition coefficient (Wildman–Crippen LogP) is 3.51. The molecular weight excluding hydrogens is 376 g/mol. The molecule has 0 fully saturated rings. The van der Waals surface area contributed by atoms with Gasteiger partial charge in [-0.05, 0) is 24.6 Å². The molecule has 144 valence electrons. The molecule has 0 aliphatic rings. The van der Waals surface area contributed by atoms with Gasteiger partial charge in [-0.2, -0.15) is 5.10 Å². The Bertz CT molecular complexity index is 939. The van der Waals surface area contributed by atoms with Crippen molar-refractivity contribution in [1.29, 1.82) is 0 Å². The third-order valence-electron chi connectivity index (χ3n) is 4.37. The number of likely N-dealkylation sites (N-methyl/N-ethyl adjacent to an activating group) is 1. The number of halogens is 1. The highest BCUT2D eigenvalue weighted by Gasteiger charge is 2.18. The topological polar surface area (TPSA) is 78.1 Å². The SMILES string of the molecule is CCN(Cc1ccccc1)C(=O)CNC(=O)c1cn[nH]c1-c1ccc(Cl)cc1. The van der Waals surface area contributed by atoms with Crippen LogP contribution in [0.5, 0.6) is 0 Å². The molecule has 7 heteroatoms. The maximum atomic E-state index is 12.6. The van der Waals surface area contributed by atoms with Crippen LogP contribution in [0.25, 0.3) is 11.3 Å². The monoisotopic (exact) mass is 396 g/mol. The summed E-state index contributed by atoms with van der Waals surface area (Å²) in [6, 6.07) is 16.8. The summed E-state index contributed by atoms with van der Waals surface area (Å²) in [4.78, 5) is 26.8. The van der Waals surface area contributed by atoms with Gasteiger partial charge in [-0.3, -0.25) is 14.7 Å². The Labute approximate surface area is 168 Å². The molecule has 0 saturated heterocycles. The fourth-order valence-electron chi connectivity index (χ4n) is 2.84. The van der Waals surface area contributed by atoms with Crippen molar-refractivity contribution in [3.8, 4) is 11.3 Å². The van der Waals surface area contributed by atoms with Gasteiger partial charge in [-0.1, -0.05) is 54.1 Å². The molecule has 2 N–H and O–H groups in total. The summed E-state index contributed by atoms with van der Waals surface area (Å²) in [6.45, 7) is 2.90. The minimum atomic E-state index is -0.359. The van der Waals surface area contributed by atoms with Gasteiger partial charge < -0.3 is 10.2 Å². The van der Waals surface area contributed by atoms with Crippen LogP contribution < -0.4 is 5.32 Å². The lowest BCUT2D eigenvalue weighted by molar-refractivity contribution is -0.130. The number of amides is 2. The maximum Gasteiger partial charge on any atom is 0.255 e. The van der Waals surface area contributed by atoms with Gasteiger partial charge in [-0.25, -0.2) is 0 Å². The Balaban J connectivity index is 1.63. The maximum absolute atomic E-state index is 12.6. The first-order chi connectivity index (χ1) is 13.6. The molecule has 1 aromatic heterocycles. The molecular formula is C21H21ClN4O2. The van der Waals surface area contributed by atoms with Gasteiger partial charge in [0.25, 0.3) is 5.91 Å². The molecule has 0 aliphatic carbocycles. The van der Waals surface area contributed by atoms with Crippen LogP contribution in [0.3, 0.4) is 0 Å². The molecule has 1 heterocycles. The van der Waals surface area contributed by atoms with Crippen LogP contribution in [-0.4, -0.2) is 40.0 Å². The van der Waals surface area contributed by atoms with E-state index >= 15 is 0 Å². The van der Waals surface area contributed by atoms with Gasteiger partial charge in [0.05, 0.1) is 24.0 Å². The smallest absolute Gasteiger partial charge is 0.255 e. The number of aromatic amines is 1. The molecule has 3 rings (SSSR count). The Morgan fingerprint density at radius 3 is 2.50 bits per heavy atom. The number of carbonyl (C=O) groups excluding carboxylic acids is 2. The van der Waals surface area contributed by atoms with Crippen LogP contribution in [0.4, 0.5) is 0 Å². The largest absolute Gasteiger partial charge is 0.343 e. The molecule has 0 aliphatic heterocycles. The number of benzene rings is 2. The molecule has 2 aromatic carbocycles. The van der Waals surface area contributed by atoms with Crippen molar-refractivity contribution >= 4 is 23.4 Å². The molecule has 0 atom stereocenters. The fraction of sp³-hybridized carbons (Fsp3) is 0.190. The third kappa shape index (κ3) is 4.78. The number of carbonyl (C=O) groups is 2. The van der Waals surface area contributed by atoms with E-state index in [1.165, 1.54) is 6.20 Å². The van der Waals surface area contributed by atoms with E-state index < -0.39 is 0 Å². The fourth-order valence-corrected chi connectivity index (χ4v) is 2.96. The van der Waals surface area contributed by atoms with Crippen LogP contribution in [-0.2, 0) is 11.3 Å². The molecule has 0 saturated carbocycles. The van der Waals surface area contributed by atoms with E-state index in [9.17, 15) is 9.59 Å². The van der Waals surface area contributed by atoms with Crippen LogP contribution in [0, 0.1) is 0 Å². The van der Waals surface area contributed by atoms with Crippen molar-refractivity contribution in [1.82, 2.24) is 20.4 Å². The second-order valence-corrected chi connectivity index (χ2v) is 6.68. The zero-order chi connectivity index (χ0) is 19.9. The summed E-state index contributed by atoms with van der Waals surface area (Å²) in [6.07, 6.45) is 1.45. The lowest BCUT2D eigenvalue weighted by atomic mass is 10.1. The molecule has 2 amide bonds. The van der Waals surface area contributed by atoms with Crippen molar-refractivity contribution in [2.24, 2.45) is 0 Å². The van der Waals surface area contributed by atoms with Crippen molar-refractivity contribution in [2.75, 3.05) is 13.1 Å². The zero-order valence-corrected chi connectivity index (χ0v) is 16.2. The molecule has 0 unspecified atom stereocenters. The van der Waals surface area contributed by atoms with Gasteiger partial charge in [0.1, 0.15) is 0 Å². The molecule has 6 nitrogen and oxygen atoms in total. The van der Waals surface area contributed by atoms with Crippen LogP contribution in [0.2, 0.25) is 5.02 Å². The van der Waals surface area contributed by atoms with E-state index in [-0.39, 0.29) is 18.4 Å². The standard InChI is InChI=1S/C21H21ClN4O2/c1-2-26(14-15-6-4-3-5-7-15)19(27)13-23-21(28)18-12-24-25-20(18)16-8-10-17(22)11-9-16/h3-12H,2,13-14H2,1H3,(H,23,28)(H,24,25). The van der Waals surface area contributed by atoms with E-state index in [2.05, 4.69) is 15.5 Å². The average molecular weight is 397 g/mol. The van der Waals surface area contributed by atoms with E-state index in [1.807, 2.05) is 37.3 Å². The van der Waals surface area contributed by atoms with Crippen LogP contribution in [0.1, 0.15) is 22.8 Å². The van der Waals surface area contributed by atoms with Crippen LogP contribution >= 0.6 is 11.6 Å². The molecule has 0 spiro atoms. The van der Waals surface area contributed by atoms with E-state index in [1.54, 1.807) is 29.2 Å². The predicted molar refractivity (Wildman–Crippen MR) is 109 cm³/mol. The molecule has 0 bridgehead atoms. The number of nitrogens with one attached hydrogen (secondary N) is 2. The normalized spacial score (nSPS) is 10.5. The van der Waals surface area contributed by atoms with Crippen molar-refractivity contribution in [2.45, 2.75) is 13.5 Å². The minimum Gasteiger partial charge on any atom is -0.343 e. The zero-order valence-electron chi connectivity index (χ0n) is 15.5. The Morgan fingerprint density at radius 2 is 1.82 bits per heavy atom. The lowest BCUT2D eigenvalue weighted by Crippen LogP contribution is -2.39. The van der Waals surface area contributed by atoms with Crippen molar-refractivity contribution < 1.29 is 9.59 Å². The summed E-state index contributed by atoms with van der Waals surface area (Å²) in [5.74, 6) is -0.501. The minimum absolute atomic E-state index is 0.0786. The van der Waals surface area contributed by atoms with Crippen LogP contribution in [0.15, 0.2) is 60.8 Å². The highest BCUT2D eigenvalue weighted by molar-refractivity contribution is 6.30. The second kappa shape index (κ2) is 9.19. The summed E-state index contributed by atoms with van der Waals surface area (Å²) in [5, 5.41) is 10.1. The summed E-state index contributed by atoms with van der Waals surface area (Å²) in [5.41, 5.74) is 2.79. The van der Waals surface area contributed by atoms with Gasteiger partial charge in [0.15, 0.2) is 0 Å². The summed E-state index contributed by atoms with van der Waals surface area (Å²) < 4.78 is 0. The van der Waals surface area contributed by atoms with E-state index in [0.29, 0.717) is 29.4 Å². The number of H-pyrrole nitrogens is 1. The quantitative estimate of drug-likeness (QED) is 0.641. The first-order valence-corrected chi connectivity index (χ1v) is 9.35. The Morgan fingerprint density at radius 1 is 1.11 bits per heavy atom. The Kier molecular flexibility index (Phi) is 6.45. The number of rotatable bonds is 7. The first-order valence-electron chi connectivity index (χ1n) is 8.97. The number of nitrogens with zero attached hydrogens (tertiary/aromatic N) is 2. The number of hydrogen-bond acceptors (Lipinski definition) is 3. The van der Waals surface area contributed by atoms with Gasteiger partial charge >= 0.3 is 0 Å². The third-order valence-corrected chi connectivity index (χ3v) is 4.62. The van der Waals surface area contributed by atoms with Gasteiger partial charge in [0.2, 0.25) is 5.91 Å². The average Bonchev–Trinajstić information content (AvgIpc) is 3.21. The van der Waals surface area contributed by atoms with Gasteiger partial charge in [0, 0.05) is 23.7 Å².